The van der Waals surface area contributed by atoms with Gasteiger partial charge in [0.2, 0.25) is 0 Å². The summed E-state index contributed by atoms with van der Waals surface area (Å²) in [4.78, 5) is 11.9. The first-order valence-electron chi connectivity index (χ1n) is 7.95. The predicted molar refractivity (Wildman–Crippen MR) is 85.1 cm³/mol. The van der Waals surface area contributed by atoms with Crippen LogP contribution in [0.1, 0.15) is 45.4 Å². The average Bonchev–Trinajstić information content (AvgIpc) is 2.48. The maximum Gasteiger partial charge on any atom is 0.258 e. The van der Waals surface area contributed by atoms with E-state index in [1.165, 1.54) is 25.7 Å². The Bertz CT molecular complexity index is 454. The quantitative estimate of drug-likeness (QED) is 0.791. The molecule has 2 rings (SSSR count). The molecule has 0 aliphatic heterocycles. The van der Waals surface area contributed by atoms with Gasteiger partial charge in [0.25, 0.3) is 5.91 Å². The van der Waals surface area contributed by atoms with Gasteiger partial charge in [0, 0.05) is 17.8 Å². The summed E-state index contributed by atoms with van der Waals surface area (Å²) in [5.41, 5.74) is 6.31. The molecule has 1 aromatic carbocycles. The molecule has 0 heterocycles. The highest BCUT2D eigenvalue weighted by Crippen LogP contribution is 2.27. The molecule has 1 amide bonds. The van der Waals surface area contributed by atoms with E-state index < -0.39 is 0 Å². The number of hydrogen-bond donors (Lipinski definition) is 2. The average molecular weight is 290 g/mol. The van der Waals surface area contributed by atoms with Gasteiger partial charge in [-0.3, -0.25) is 4.79 Å². The third-order valence-electron chi connectivity index (χ3n) is 4.14. The SMILES string of the molecule is CCCC1CCC(NC(=O)COc2cccc(N)c2)CC1. The zero-order valence-corrected chi connectivity index (χ0v) is 12.8. The number of nitrogens with one attached hydrogen (secondary N) is 1. The number of carbonyl (C=O) groups excluding carboxylic acids is 1. The summed E-state index contributed by atoms with van der Waals surface area (Å²) in [7, 11) is 0. The molecule has 0 bridgehead atoms. The van der Waals surface area contributed by atoms with Crippen molar-refractivity contribution in [2.24, 2.45) is 5.92 Å². The number of carbonyl (C=O) groups is 1. The van der Waals surface area contributed by atoms with Crippen LogP contribution >= 0.6 is 0 Å². The van der Waals surface area contributed by atoms with Crippen molar-refractivity contribution in [1.82, 2.24) is 5.32 Å². The molecule has 0 unspecified atom stereocenters. The fourth-order valence-corrected chi connectivity index (χ4v) is 3.03. The minimum Gasteiger partial charge on any atom is -0.484 e. The molecule has 0 radical (unpaired) electrons. The third-order valence-corrected chi connectivity index (χ3v) is 4.14. The summed E-state index contributed by atoms with van der Waals surface area (Å²) in [5.74, 6) is 1.44. The van der Waals surface area contributed by atoms with E-state index in [-0.39, 0.29) is 12.5 Å². The number of rotatable bonds is 6. The van der Waals surface area contributed by atoms with E-state index in [1.807, 2.05) is 6.07 Å². The van der Waals surface area contributed by atoms with Crippen LogP contribution in [0.3, 0.4) is 0 Å². The molecule has 0 spiro atoms. The summed E-state index contributed by atoms with van der Waals surface area (Å²) in [6.07, 6.45) is 7.22. The van der Waals surface area contributed by atoms with Crippen LogP contribution in [-0.2, 0) is 4.79 Å². The number of benzene rings is 1. The molecule has 1 aliphatic rings. The van der Waals surface area contributed by atoms with Gasteiger partial charge in [-0.15, -0.1) is 0 Å². The van der Waals surface area contributed by atoms with Crippen LogP contribution < -0.4 is 15.8 Å². The maximum absolute atomic E-state index is 11.9. The molecule has 1 fully saturated rings. The van der Waals surface area contributed by atoms with E-state index in [1.54, 1.807) is 18.2 Å². The molecule has 1 aromatic rings. The number of hydrogen-bond acceptors (Lipinski definition) is 3. The summed E-state index contributed by atoms with van der Waals surface area (Å²) in [6.45, 7) is 2.29. The highest BCUT2D eigenvalue weighted by Gasteiger charge is 2.21. The second-order valence-electron chi connectivity index (χ2n) is 5.94. The monoisotopic (exact) mass is 290 g/mol. The van der Waals surface area contributed by atoms with Gasteiger partial charge >= 0.3 is 0 Å². The van der Waals surface area contributed by atoms with Crippen LogP contribution in [0, 0.1) is 5.92 Å². The molecule has 4 heteroatoms. The summed E-state index contributed by atoms with van der Waals surface area (Å²) >= 11 is 0. The Morgan fingerprint density at radius 1 is 1.33 bits per heavy atom. The van der Waals surface area contributed by atoms with E-state index >= 15 is 0 Å². The van der Waals surface area contributed by atoms with Gasteiger partial charge in [-0.25, -0.2) is 0 Å². The Labute approximate surface area is 127 Å². The Morgan fingerprint density at radius 3 is 2.76 bits per heavy atom. The number of nitrogens with two attached hydrogens (primary N) is 1. The normalized spacial score (nSPS) is 21.8. The maximum atomic E-state index is 11.9. The molecule has 0 atom stereocenters. The smallest absolute Gasteiger partial charge is 0.258 e. The van der Waals surface area contributed by atoms with Crippen molar-refractivity contribution >= 4 is 11.6 Å². The number of anilines is 1. The second-order valence-corrected chi connectivity index (χ2v) is 5.94. The van der Waals surface area contributed by atoms with Crippen molar-refractivity contribution in [3.63, 3.8) is 0 Å². The van der Waals surface area contributed by atoms with Gasteiger partial charge in [0.05, 0.1) is 0 Å². The lowest BCUT2D eigenvalue weighted by Gasteiger charge is -2.28. The highest BCUT2D eigenvalue weighted by atomic mass is 16.5. The van der Waals surface area contributed by atoms with Crippen molar-refractivity contribution in [3.8, 4) is 5.75 Å². The summed E-state index contributed by atoms with van der Waals surface area (Å²) < 4.78 is 5.46. The van der Waals surface area contributed by atoms with Gasteiger partial charge in [0.15, 0.2) is 6.61 Å². The Morgan fingerprint density at radius 2 is 2.10 bits per heavy atom. The van der Waals surface area contributed by atoms with E-state index in [4.69, 9.17) is 10.5 Å². The van der Waals surface area contributed by atoms with E-state index in [9.17, 15) is 4.79 Å². The first kappa shape index (κ1) is 15.7. The topological polar surface area (TPSA) is 64.3 Å². The molecule has 1 saturated carbocycles. The first-order chi connectivity index (χ1) is 10.2. The fraction of sp³-hybridized carbons (Fsp3) is 0.588. The molecule has 1 aliphatic carbocycles. The van der Waals surface area contributed by atoms with Crippen molar-refractivity contribution in [1.29, 1.82) is 0 Å². The highest BCUT2D eigenvalue weighted by molar-refractivity contribution is 5.77. The second kappa shape index (κ2) is 7.91. The standard InChI is InChI=1S/C17H26N2O2/c1-2-4-13-7-9-15(10-8-13)19-17(20)12-21-16-6-3-5-14(18)11-16/h3,5-6,11,13,15H,2,4,7-10,12,18H2,1H3,(H,19,20). The lowest BCUT2D eigenvalue weighted by Crippen LogP contribution is -2.40. The molecule has 21 heavy (non-hydrogen) atoms. The lowest BCUT2D eigenvalue weighted by molar-refractivity contribution is -0.124. The summed E-state index contributed by atoms with van der Waals surface area (Å²) in [5, 5.41) is 3.07. The molecule has 116 valence electrons. The zero-order chi connectivity index (χ0) is 15.1. The van der Waals surface area contributed by atoms with Gasteiger partial charge in [-0.05, 0) is 43.7 Å². The molecule has 3 N–H and O–H groups in total. The van der Waals surface area contributed by atoms with Crippen molar-refractivity contribution in [3.05, 3.63) is 24.3 Å². The summed E-state index contributed by atoms with van der Waals surface area (Å²) in [6, 6.07) is 7.46. The first-order valence-corrected chi connectivity index (χ1v) is 7.95. The van der Waals surface area contributed by atoms with Crippen LogP contribution in [0.4, 0.5) is 5.69 Å². The van der Waals surface area contributed by atoms with Crippen LogP contribution in [-0.4, -0.2) is 18.6 Å². The van der Waals surface area contributed by atoms with E-state index in [0.29, 0.717) is 17.5 Å². The van der Waals surface area contributed by atoms with E-state index in [2.05, 4.69) is 12.2 Å². The van der Waals surface area contributed by atoms with Gasteiger partial charge in [-0.1, -0.05) is 25.8 Å². The minimum absolute atomic E-state index is 0.0450. The molecular formula is C17H26N2O2. The fourth-order valence-electron chi connectivity index (χ4n) is 3.03. The lowest BCUT2D eigenvalue weighted by atomic mass is 9.83. The molecular weight excluding hydrogens is 264 g/mol. The van der Waals surface area contributed by atoms with Crippen LogP contribution in [0.2, 0.25) is 0 Å². The van der Waals surface area contributed by atoms with Crippen molar-refractivity contribution in [2.45, 2.75) is 51.5 Å². The zero-order valence-electron chi connectivity index (χ0n) is 12.8. The number of nitrogen functional groups attached to an aromatic ring is 1. The van der Waals surface area contributed by atoms with Crippen LogP contribution in [0.25, 0.3) is 0 Å². The molecule has 0 saturated heterocycles. The minimum atomic E-state index is -0.0450. The largest absolute Gasteiger partial charge is 0.484 e. The van der Waals surface area contributed by atoms with Gasteiger partial charge in [-0.2, -0.15) is 0 Å². The number of amides is 1. The van der Waals surface area contributed by atoms with E-state index in [0.717, 1.165) is 18.8 Å². The number of ether oxygens (including phenoxy) is 1. The van der Waals surface area contributed by atoms with Crippen molar-refractivity contribution in [2.75, 3.05) is 12.3 Å². The third kappa shape index (κ3) is 5.29. The van der Waals surface area contributed by atoms with Crippen molar-refractivity contribution < 1.29 is 9.53 Å². The Balaban J connectivity index is 1.68. The molecule has 0 aromatic heterocycles. The van der Waals surface area contributed by atoms with Gasteiger partial charge < -0.3 is 15.8 Å². The van der Waals surface area contributed by atoms with Crippen LogP contribution in [0.5, 0.6) is 5.75 Å². The molecule has 4 nitrogen and oxygen atoms in total. The van der Waals surface area contributed by atoms with Crippen LogP contribution in [0.15, 0.2) is 24.3 Å². The Hall–Kier alpha value is -1.71. The predicted octanol–water partition coefficient (Wildman–Crippen LogP) is 3.12. The van der Waals surface area contributed by atoms with Gasteiger partial charge in [0.1, 0.15) is 5.75 Å². The Kier molecular flexibility index (Phi) is 5.90.